The summed E-state index contributed by atoms with van der Waals surface area (Å²) in [6.45, 7) is 7.12. The molecule has 0 aliphatic carbocycles. The first-order valence-corrected chi connectivity index (χ1v) is 13.3. The van der Waals surface area contributed by atoms with E-state index in [1.165, 1.54) is 19.0 Å². The van der Waals surface area contributed by atoms with E-state index in [0.29, 0.717) is 35.6 Å². The Hall–Kier alpha value is -2.83. The number of tetrazole rings is 1. The Kier molecular flexibility index (Phi) is 6.26. The van der Waals surface area contributed by atoms with Crippen LogP contribution in [-0.2, 0) is 4.74 Å². The lowest BCUT2D eigenvalue weighted by Crippen LogP contribution is -2.55. The zero-order valence-electron chi connectivity index (χ0n) is 20.4. The summed E-state index contributed by atoms with van der Waals surface area (Å²) >= 11 is 1.60. The molecule has 1 aromatic carbocycles. The standard InChI is InChI=1S/C24H30FN9OS/c1-24(2)11-16(10-17-7-4-8-33(17)24)27-21-20(25)12-26-22(29-21)28-15-5-3-6-18(9-15)34-23(30-31-32-34)36-19-13-35-14-19/h3,5-6,9,12,16-17,19H,4,7-8,10-11,13-14H2,1-2H3,(H2,26,27,28,29). The van der Waals surface area contributed by atoms with Crippen molar-refractivity contribution in [3.05, 3.63) is 36.3 Å². The van der Waals surface area contributed by atoms with E-state index in [4.69, 9.17) is 4.74 Å². The van der Waals surface area contributed by atoms with Gasteiger partial charge in [-0.05, 0) is 74.7 Å². The average Bonchev–Trinajstić information content (AvgIpc) is 3.48. The topological polar surface area (TPSA) is 106 Å². The zero-order chi connectivity index (χ0) is 24.7. The average molecular weight is 512 g/mol. The summed E-state index contributed by atoms with van der Waals surface area (Å²) in [4.78, 5) is 11.2. The van der Waals surface area contributed by atoms with Crippen LogP contribution in [0.15, 0.2) is 35.6 Å². The van der Waals surface area contributed by atoms with Gasteiger partial charge in [0.1, 0.15) is 0 Å². The SMILES string of the molecule is CC1(C)CC(Nc2nc(Nc3cccc(-n4nnnc4SC4COC4)c3)ncc2F)CC2CCCN21. The third kappa shape index (κ3) is 4.76. The number of halogens is 1. The normalized spacial score (nSPS) is 23.8. The number of piperidine rings is 1. The van der Waals surface area contributed by atoms with Gasteiger partial charge in [0.05, 0.1) is 30.3 Å². The summed E-state index contributed by atoms with van der Waals surface area (Å²) in [5, 5.41) is 19.8. The lowest BCUT2D eigenvalue weighted by molar-refractivity contribution is 0.0454. The van der Waals surface area contributed by atoms with Crippen molar-refractivity contribution in [2.24, 2.45) is 0 Å². The van der Waals surface area contributed by atoms with Crippen LogP contribution < -0.4 is 10.6 Å². The number of benzene rings is 1. The lowest BCUT2D eigenvalue weighted by atomic mass is 9.84. The molecule has 3 saturated heterocycles. The number of anilines is 3. The van der Waals surface area contributed by atoms with Crippen LogP contribution in [0.4, 0.5) is 21.8 Å². The van der Waals surface area contributed by atoms with Crippen molar-refractivity contribution in [1.29, 1.82) is 0 Å². The fourth-order valence-corrected chi connectivity index (χ4v) is 6.48. The van der Waals surface area contributed by atoms with Gasteiger partial charge >= 0.3 is 0 Å². The molecule has 10 nitrogen and oxygen atoms in total. The van der Waals surface area contributed by atoms with Crippen LogP contribution in [0.25, 0.3) is 5.69 Å². The smallest absolute Gasteiger partial charge is 0.229 e. The highest BCUT2D eigenvalue weighted by Crippen LogP contribution is 2.38. The predicted octanol–water partition coefficient (Wildman–Crippen LogP) is 3.64. The summed E-state index contributed by atoms with van der Waals surface area (Å²) in [5.41, 5.74) is 1.64. The van der Waals surface area contributed by atoms with Crippen LogP contribution >= 0.6 is 11.8 Å². The molecular formula is C24H30FN9OS. The molecule has 2 atom stereocenters. The largest absolute Gasteiger partial charge is 0.379 e. The number of rotatable bonds is 7. The number of nitrogens with one attached hydrogen (secondary N) is 2. The van der Waals surface area contributed by atoms with E-state index >= 15 is 0 Å². The van der Waals surface area contributed by atoms with E-state index in [9.17, 15) is 4.39 Å². The van der Waals surface area contributed by atoms with Gasteiger partial charge in [0.15, 0.2) is 11.6 Å². The molecule has 3 aliphatic heterocycles. The molecule has 190 valence electrons. The van der Waals surface area contributed by atoms with Crippen molar-refractivity contribution < 1.29 is 9.13 Å². The van der Waals surface area contributed by atoms with Crippen LogP contribution in [-0.4, -0.2) is 77.7 Å². The van der Waals surface area contributed by atoms with Crippen molar-refractivity contribution in [1.82, 2.24) is 35.1 Å². The van der Waals surface area contributed by atoms with Crippen molar-refractivity contribution in [2.75, 3.05) is 30.4 Å². The van der Waals surface area contributed by atoms with Gasteiger partial charge in [-0.25, -0.2) is 9.37 Å². The van der Waals surface area contributed by atoms with Gasteiger partial charge in [0.25, 0.3) is 0 Å². The monoisotopic (exact) mass is 511 g/mol. The van der Waals surface area contributed by atoms with Crippen LogP contribution in [0.1, 0.15) is 39.5 Å². The maximum absolute atomic E-state index is 14.7. The molecule has 0 saturated carbocycles. The summed E-state index contributed by atoms with van der Waals surface area (Å²) in [6, 6.07) is 8.35. The number of aromatic nitrogens is 6. The van der Waals surface area contributed by atoms with E-state index in [2.05, 4.69) is 54.9 Å². The molecule has 0 bridgehead atoms. The van der Waals surface area contributed by atoms with E-state index in [-0.39, 0.29) is 17.4 Å². The summed E-state index contributed by atoms with van der Waals surface area (Å²) in [5.74, 6) is 0.112. The summed E-state index contributed by atoms with van der Waals surface area (Å²) in [7, 11) is 0. The van der Waals surface area contributed by atoms with Gasteiger partial charge in [-0.15, -0.1) is 5.10 Å². The van der Waals surface area contributed by atoms with E-state index in [1.54, 1.807) is 16.4 Å². The van der Waals surface area contributed by atoms with Gasteiger partial charge in [0.2, 0.25) is 11.1 Å². The molecule has 36 heavy (non-hydrogen) atoms. The predicted molar refractivity (Wildman–Crippen MR) is 135 cm³/mol. The number of fused-ring (bicyclic) bond motifs is 1. The van der Waals surface area contributed by atoms with Crippen molar-refractivity contribution >= 4 is 29.2 Å². The van der Waals surface area contributed by atoms with Crippen LogP contribution in [0, 0.1) is 5.82 Å². The Bertz CT molecular complexity index is 1230. The van der Waals surface area contributed by atoms with Gasteiger partial charge < -0.3 is 15.4 Å². The minimum absolute atomic E-state index is 0.0844. The Morgan fingerprint density at radius 3 is 2.97 bits per heavy atom. The molecule has 2 aromatic heterocycles. The van der Waals surface area contributed by atoms with E-state index < -0.39 is 5.82 Å². The van der Waals surface area contributed by atoms with Crippen LogP contribution in [0.5, 0.6) is 0 Å². The minimum atomic E-state index is -0.448. The van der Waals surface area contributed by atoms with Crippen LogP contribution in [0.3, 0.4) is 0 Å². The molecule has 12 heteroatoms. The third-order valence-electron chi connectivity index (χ3n) is 7.21. The number of hydrogen-bond acceptors (Lipinski definition) is 10. The first-order valence-electron chi connectivity index (χ1n) is 12.4. The number of hydrogen-bond donors (Lipinski definition) is 2. The molecule has 3 aromatic rings. The summed E-state index contributed by atoms with van der Waals surface area (Å²) in [6.07, 6.45) is 5.59. The van der Waals surface area contributed by atoms with Gasteiger partial charge in [-0.3, -0.25) is 4.90 Å². The molecule has 5 heterocycles. The maximum Gasteiger partial charge on any atom is 0.229 e. The fraction of sp³-hybridized carbons (Fsp3) is 0.542. The first-order chi connectivity index (χ1) is 17.4. The zero-order valence-corrected chi connectivity index (χ0v) is 21.2. The molecule has 2 N–H and O–H groups in total. The van der Waals surface area contributed by atoms with Crippen molar-refractivity contribution in [3.8, 4) is 5.69 Å². The first kappa shape index (κ1) is 23.6. The molecule has 0 spiro atoms. The molecular weight excluding hydrogens is 481 g/mol. The molecule has 3 aliphatic rings. The number of nitrogens with zero attached hydrogens (tertiary/aromatic N) is 7. The second-order valence-electron chi connectivity index (χ2n) is 10.3. The molecule has 2 unspecified atom stereocenters. The molecule has 3 fully saturated rings. The summed E-state index contributed by atoms with van der Waals surface area (Å²) < 4.78 is 21.6. The molecule has 6 rings (SSSR count). The Balaban J connectivity index is 1.17. The quantitative estimate of drug-likeness (QED) is 0.488. The van der Waals surface area contributed by atoms with E-state index in [1.807, 2.05) is 24.3 Å². The van der Waals surface area contributed by atoms with Gasteiger partial charge in [-0.1, -0.05) is 17.8 Å². The van der Waals surface area contributed by atoms with Crippen molar-refractivity contribution in [2.45, 2.75) is 67.6 Å². The molecule has 0 radical (unpaired) electrons. The van der Waals surface area contributed by atoms with Crippen LogP contribution in [0.2, 0.25) is 0 Å². The Labute approximate surface area is 213 Å². The van der Waals surface area contributed by atoms with Crippen molar-refractivity contribution in [3.63, 3.8) is 0 Å². The highest BCUT2D eigenvalue weighted by atomic mass is 32.2. The highest BCUT2D eigenvalue weighted by Gasteiger charge is 2.43. The second-order valence-corrected chi connectivity index (χ2v) is 11.6. The Morgan fingerprint density at radius 2 is 2.14 bits per heavy atom. The number of thioether (sulfide) groups is 1. The van der Waals surface area contributed by atoms with Gasteiger partial charge in [0, 0.05) is 23.3 Å². The lowest BCUT2D eigenvalue weighted by Gasteiger charge is -2.47. The fourth-order valence-electron chi connectivity index (χ4n) is 5.53. The number of ether oxygens (including phenoxy) is 1. The minimum Gasteiger partial charge on any atom is -0.379 e. The third-order valence-corrected chi connectivity index (χ3v) is 8.28. The second kappa shape index (κ2) is 9.56. The van der Waals surface area contributed by atoms with Gasteiger partial charge in [-0.2, -0.15) is 9.67 Å². The maximum atomic E-state index is 14.7. The Morgan fingerprint density at radius 1 is 1.25 bits per heavy atom. The molecule has 0 amide bonds. The highest BCUT2D eigenvalue weighted by molar-refractivity contribution is 7.99. The van der Waals surface area contributed by atoms with E-state index in [0.717, 1.165) is 30.8 Å².